The van der Waals surface area contributed by atoms with Crippen LogP contribution >= 0.6 is 11.6 Å². The third kappa shape index (κ3) is 5.24. The monoisotopic (exact) mass is 651 g/mol. The topological polar surface area (TPSA) is 149 Å². The molecule has 6 rings (SSSR count). The Hall–Kier alpha value is -4.25. The van der Waals surface area contributed by atoms with Gasteiger partial charge in [0.1, 0.15) is 29.6 Å². The minimum absolute atomic E-state index is 0.0742. The van der Waals surface area contributed by atoms with Crippen molar-refractivity contribution < 1.29 is 27.9 Å². The highest BCUT2D eigenvalue weighted by molar-refractivity contribution is 6.34. The van der Waals surface area contributed by atoms with Gasteiger partial charge >= 0.3 is 0 Å². The zero-order chi connectivity index (χ0) is 33.2. The average molecular weight is 652 g/mol. The van der Waals surface area contributed by atoms with Crippen LogP contribution in [0.3, 0.4) is 0 Å². The number of carbonyl (C=O) groups excluding carboxylic acids is 3. The lowest BCUT2D eigenvalue weighted by Crippen LogP contribution is -2.53. The number of hydrogen-bond donors (Lipinski definition) is 4. The van der Waals surface area contributed by atoms with Gasteiger partial charge in [0.25, 0.3) is 5.91 Å². The molecule has 46 heavy (non-hydrogen) atoms. The number of dihydropyridines is 1. The van der Waals surface area contributed by atoms with Gasteiger partial charge in [0.15, 0.2) is 11.6 Å². The Morgan fingerprint density at radius 1 is 1.20 bits per heavy atom. The number of nitrogens with two attached hydrogens (primary N) is 2. The van der Waals surface area contributed by atoms with Gasteiger partial charge in [-0.15, -0.1) is 0 Å². The number of amides is 2. The molecule has 2 saturated carbocycles. The van der Waals surface area contributed by atoms with E-state index in [0.29, 0.717) is 46.7 Å². The fourth-order valence-electron chi connectivity index (χ4n) is 6.31. The van der Waals surface area contributed by atoms with E-state index in [-0.39, 0.29) is 41.3 Å². The summed E-state index contributed by atoms with van der Waals surface area (Å²) in [7, 11) is 0. The van der Waals surface area contributed by atoms with Crippen molar-refractivity contribution in [3.8, 4) is 0 Å². The van der Waals surface area contributed by atoms with Gasteiger partial charge in [0.05, 0.1) is 22.2 Å². The highest BCUT2D eigenvalue weighted by Gasteiger charge is 2.56. The van der Waals surface area contributed by atoms with Crippen molar-refractivity contribution in [2.75, 3.05) is 18.9 Å². The molecule has 0 bridgehead atoms. The van der Waals surface area contributed by atoms with E-state index >= 15 is 0 Å². The van der Waals surface area contributed by atoms with Gasteiger partial charge < -0.3 is 31.6 Å². The molecular formula is C34H36ClF2N5O4. The maximum absolute atomic E-state index is 14.8. The number of aliphatic imine (C=N–C) groups is 1. The minimum Gasteiger partial charge on any atom is -0.493 e. The van der Waals surface area contributed by atoms with E-state index in [1.807, 2.05) is 0 Å². The van der Waals surface area contributed by atoms with Crippen molar-refractivity contribution in [1.82, 2.24) is 10.6 Å². The lowest BCUT2D eigenvalue weighted by Gasteiger charge is -2.43. The number of aryl methyl sites for hydroxylation is 1. The van der Waals surface area contributed by atoms with E-state index < -0.39 is 39.8 Å². The number of nitrogens with zero attached hydrogens (tertiary/aromatic N) is 1. The summed E-state index contributed by atoms with van der Waals surface area (Å²) < 4.78 is 35.2. The predicted molar refractivity (Wildman–Crippen MR) is 170 cm³/mol. The molecule has 242 valence electrons. The van der Waals surface area contributed by atoms with Crippen molar-refractivity contribution in [1.29, 1.82) is 0 Å². The van der Waals surface area contributed by atoms with Crippen LogP contribution in [-0.2, 0) is 19.9 Å². The van der Waals surface area contributed by atoms with Crippen LogP contribution in [-0.4, -0.2) is 43.5 Å². The van der Waals surface area contributed by atoms with Crippen molar-refractivity contribution in [2.45, 2.75) is 58.0 Å². The molecule has 1 unspecified atom stereocenters. The number of aldehydes is 1. The van der Waals surface area contributed by atoms with Crippen LogP contribution in [0.5, 0.6) is 0 Å². The van der Waals surface area contributed by atoms with E-state index in [1.165, 1.54) is 19.1 Å². The lowest BCUT2D eigenvalue weighted by molar-refractivity contribution is -0.125. The maximum atomic E-state index is 14.8. The number of nitrogens with one attached hydrogen (secondary N) is 2. The zero-order valence-corrected chi connectivity index (χ0v) is 26.6. The maximum Gasteiger partial charge on any atom is 0.251 e. The summed E-state index contributed by atoms with van der Waals surface area (Å²) in [6.45, 7) is 4.64. The first-order valence-electron chi connectivity index (χ1n) is 15.2. The first-order chi connectivity index (χ1) is 21.7. The number of hydrogen-bond acceptors (Lipinski definition) is 7. The Morgan fingerprint density at radius 2 is 1.91 bits per heavy atom. The molecule has 2 aliphatic carbocycles. The second-order valence-corrected chi connectivity index (χ2v) is 13.6. The van der Waals surface area contributed by atoms with Crippen LogP contribution in [0, 0.1) is 35.3 Å². The van der Waals surface area contributed by atoms with Crippen molar-refractivity contribution in [3.05, 3.63) is 86.3 Å². The minimum atomic E-state index is -1.32. The average Bonchev–Trinajstić information content (AvgIpc) is 3.96. The van der Waals surface area contributed by atoms with Crippen LogP contribution in [0.2, 0.25) is 5.02 Å². The van der Waals surface area contributed by atoms with Gasteiger partial charge in [-0.25, -0.2) is 8.78 Å². The van der Waals surface area contributed by atoms with Crippen molar-refractivity contribution in [2.24, 2.45) is 27.5 Å². The van der Waals surface area contributed by atoms with Crippen LogP contribution in [0.4, 0.5) is 14.5 Å². The zero-order valence-electron chi connectivity index (χ0n) is 25.8. The molecule has 0 saturated heterocycles. The standard InChI is InChI=1S/C34H36ClF2N5O4/c1-17-8-21(11-25(36)27(17)37)33(3)29-23(32(2,16-46-29)31(39)45)12-26(42-33)34(15-43,20-4-5-20)14-41-30(44)18-9-19(13-40-22-6-7-22)28(38)24(35)10-18/h8-13,15,20,22,42H,4-7,14,16,38H2,1-3H3,(H2,39,45)(H,41,44)/t32-,33?,34+/m0/s1. The molecule has 0 spiro atoms. The number of nitrogen functional groups attached to an aromatic ring is 1. The first-order valence-corrected chi connectivity index (χ1v) is 15.6. The quantitative estimate of drug-likeness (QED) is 0.168. The summed E-state index contributed by atoms with van der Waals surface area (Å²) in [5, 5.41) is 6.52. The van der Waals surface area contributed by atoms with E-state index in [9.17, 15) is 23.2 Å². The number of primary amides is 1. The summed E-state index contributed by atoms with van der Waals surface area (Å²) in [5.74, 6) is -2.98. The summed E-state index contributed by atoms with van der Waals surface area (Å²) in [5.41, 5.74) is 10.5. The fourth-order valence-corrected chi connectivity index (χ4v) is 6.54. The molecule has 12 heteroatoms. The molecule has 2 aliphatic heterocycles. The largest absolute Gasteiger partial charge is 0.493 e. The highest BCUT2D eigenvalue weighted by Crippen LogP contribution is 2.54. The Labute approximate surface area is 270 Å². The number of benzene rings is 2. The SMILES string of the molecule is Cc1cc(C2(C)NC([C@@](C=O)(CNC(=O)c3cc(Cl)c(N)c(C=NC4CC4)c3)C3CC3)=CC3=C2OC[C@]3(C)C(N)=O)cc(F)c1F. The number of ether oxygens (including phenoxy) is 1. The van der Waals surface area contributed by atoms with Gasteiger partial charge in [-0.3, -0.25) is 14.6 Å². The number of carbonyl (C=O) groups is 3. The highest BCUT2D eigenvalue weighted by atomic mass is 35.5. The van der Waals surface area contributed by atoms with Crippen LogP contribution in [0.1, 0.15) is 66.6 Å². The van der Waals surface area contributed by atoms with Crippen molar-refractivity contribution >= 4 is 41.6 Å². The van der Waals surface area contributed by atoms with Crippen LogP contribution in [0.15, 0.2) is 52.4 Å². The Morgan fingerprint density at radius 3 is 2.52 bits per heavy atom. The number of rotatable bonds is 10. The van der Waals surface area contributed by atoms with E-state index in [4.69, 9.17) is 27.8 Å². The van der Waals surface area contributed by atoms with E-state index in [0.717, 1.165) is 25.2 Å². The molecule has 0 aromatic heterocycles. The summed E-state index contributed by atoms with van der Waals surface area (Å²) in [6.07, 6.45) is 7.53. The van der Waals surface area contributed by atoms with E-state index in [2.05, 4.69) is 15.6 Å². The number of halogens is 3. The molecule has 3 atom stereocenters. The molecule has 2 fully saturated rings. The molecule has 0 radical (unpaired) electrons. The van der Waals surface area contributed by atoms with Gasteiger partial charge in [-0.05, 0) is 87.8 Å². The number of allylic oxidation sites excluding steroid dienone is 1. The molecule has 9 nitrogen and oxygen atoms in total. The molecule has 6 N–H and O–H groups in total. The van der Waals surface area contributed by atoms with Crippen LogP contribution < -0.4 is 22.1 Å². The Balaban J connectivity index is 1.39. The fraction of sp³-hybridized carbons (Fsp3) is 0.412. The molecule has 4 aliphatic rings. The van der Waals surface area contributed by atoms with Gasteiger partial charge in [-0.2, -0.15) is 0 Å². The smallest absolute Gasteiger partial charge is 0.251 e. The number of anilines is 1. The summed E-state index contributed by atoms with van der Waals surface area (Å²) in [6, 6.07) is 5.89. The van der Waals surface area contributed by atoms with Crippen molar-refractivity contribution in [3.63, 3.8) is 0 Å². The molecule has 2 aromatic rings. The predicted octanol–water partition coefficient (Wildman–Crippen LogP) is 4.59. The van der Waals surface area contributed by atoms with E-state index in [1.54, 1.807) is 32.2 Å². The third-order valence-electron chi connectivity index (χ3n) is 9.76. The Kier molecular flexibility index (Phi) is 7.74. The second kappa shape index (κ2) is 11.2. The second-order valence-electron chi connectivity index (χ2n) is 13.2. The normalized spacial score (nSPS) is 25.3. The molecule has 2 amide bonds. The molecule has 2 heterocycles. The Bertz CT molecular complexity index is 1740. The lowest BCUT2D eigenvalue weighted by atomic mass is 9.71. The first kappa shape index (κ1) is 31.7. The summed E-state index contributed by atoms with van der Waals surface area (Å²) >= 11 is 6.37. The van der Waals surface area contributed by atoms with Crippen LogP contribution in [0.25, 0.3) is 0 Å². The van der Waals surface area contributed by atoms with Gasteiger partial charge in [-0.1, -0.05) is 17.7 Å². The molecular weight excluding hydrogens is 616 g/mol. The third-order valence-corrected chi connectivity index (χ3v) is 10.1. The summed E-state index contributed by atoms with van der Waals surface area (Å²) in [4.78, 5) is 44.0. The van der Waals surface area contributed by atoms with Gasteiger partial charge in [0.2, 0.25) is 5.91 Å². The molecule has 2 aromatic carbocycles. The van der Waals surface area contributed by atoms with Gasteiger partial charge in [0, 0.05) is 35.2 Å².